The molecule has 1 aromatic carbocycles. The third kappa shape index (κ3) is 3.05. The van der Waals surface area contributed by atoms with Gasteiger partial charge in [0.05, 0.1) is 7.11 Å². The van der Waals surface area contributed by atoms with Gasteiger partial charge >= 0.3 is 0 Å². The first-order valence-corrected chi connectivity index (χ1v) is 5.88. The van der Waals surface area contributed by atoms with Crippen LogP contribution in [-0.4, -0.2) is 44.5 Å². The topological polar surface area (TPSA) is 41.6 Å². The molecule has 1 N–H and O–H groups in total. The molecule has 0 amide bonds. The molecule has 4 nitrogen and oxygen atoms in total. The number of hydrogen-bond acceptors (Lipinski definition) is 4. The monoisotopic (exact) mass is 234 g/mol. The molecule has 0 atom stereocenters. The molecular weight excluding hydrogens is 216 g/mol. The van der Waals surface area contributed by atoms with Gasteiger partial charge in [-0.25, -0.2) is 0 Å². The van der Waals surface area contributed by atoms with E-state index in [9.17, 15) is 4.79 Å². The quantitative estimate of drug-likeness (QED) is 0.786. The largest absolute Gasteiger partial charge is 0.497 e. The molecule has 0 radical (unpaired) electrons. The van der Waals surface area contributed by atoms with E-state index < -0.39 is 0 Å². The summed E-state index contributed by atoms with van der Waals surface area (Å²) in [5, 5.41) is 3.32. The first-order valence-electron chi connectivity index (χ1n) is 5.88. The summed E-state index contributed by atoms with van der Waals surface area (Å²) in [6, 6.07) is 5.68. The summed E-state index contributed by atoms with van der Waals surface area (Å²) in [7, 11) is 1.61. The summed E-state index contributed by atoms with van der Waals surface area (Å²) in [5.41, 5.74) is 1.80. The van der Waals surface area contributed by atoms with Crippen molar-refractivity contribution in [2.45, 2.75) is 6.54 Å². The van der Waals surface area contributed by atoms with Gasteiger partial charge in [-0.2, -0.15) is 0 Å². The molecule has 0 saturated carbocycles. The van der Waals surface area contributed by atoms with Crippen molar-refractivity contribution >= 4 is 6.29 Å². The number of benzene rings is 1. The minimum Gasteiger partial charge on any atom is -0.497 e. The van der Waals surface area contributed by atoms with Gasteiger partial charge in [0.15, 0.2) is 6.29 Å². The van der Waals surface area contributed by atoms with Crippen molar-refractivity contribution < 1.29 is 9.53 Å². The molecule has 92 valence electrons. The lowest BCUT2D eigenvalue weighted by molar-refractivity contribution is 0.112. The molecule has 1 fully saturated rings. The molecule has 1 saturated heterocycles. The van der Waals surface area contributed by atoms with Crippen molar-refractivity contribution in [2.24, 2.45) is 0 Å². The molecule has 0 bridgehead atoms. The van der Waals surface area contributed by atoms with Crippen LogP contribution >= 0.6 is 0 Å². The van der Waals surface area contributed by atoms with Crippen LogP contribution in [0, 0.1) is 0 Å². The second-order valence-corrected chi connectivity index (χ2v) is 4.21. The van der Waals surface area contributed by atoms with Crippen molar-refractivity contribution in [3.8, 4) is 5.75 Å². The van der Waals surface area contributed by atoms with E-state index in [0.717, 1.165) is 55.9 Å². The van der Waals surface area contributed by atoms with E-state index >= 15 is 0 Å². The second kappa shape index (κ2) is 5.80. The number of methoxy groups -OCH3 is 1. The fourth-order valence-corrected chi connectivity index (χ4v) is 2.06. The number of piperazine rings is 1. The van der Waals surface area contributed by atoms with Gasteiger partial charge < -0.3 is 10.1 Å². The summed E-state index contributed by atoms with van der Waals surface area (Å²) >= 11 is 0. The molecule has 0 aliphatic carbocycles. The lowest BCUT2D eigenvalue weighted by Crippen LogP contribution is -2.43. The Bertz CT molecular complexity index is 387. The normalized spacial score (nSPS) is 16.8. The molecule has 0 spiro atoms. The average molecular weight is 234 g/mol. The van der Waals surface area contributed by atoms with Crippen molar-refractivity contribution in [1.82, 2.24) is 10.2 Å². The number of nitrogens with one attached hydrogen (secondary N) is 1. The highest BCUT2D eigenvalue weighted by Crippen LogP contribution is 2.18. The summed E-state index contributed by atoms with van der Waals surface area (Å²) in [4.78, 5) is 13.4. The lowest BCUT2D eigenvalue weighted by atomic mass is 10.1. The number of nitrogens with zero attached hydrogens (tertiary/aromatic N) is 1. The van der Waals surface area contributed by atoms with Crippen LogP contribution in [0.2, 0.25) is 0 Å². The minimum absolute atomic E-state index is 0.725. The number of carbonyl (C=O) groups excluding carboxylic acids is 1. The Hall–Kier alpha value is -1.39. The maximum absolute atomic E-state index is 11.1. The average Bonchev–Trinajstić information content (AvgIpc) is 2.40. The number of rotatable bonds is 4. The Balaban J connectivity index is 2.11. The highest BCUT2D eigenvalue weighted by atomic mass is 16.5. The molecule has 1 aliphatic heterocycles. The Morgan fingerprint density at radius 2 is 2.18 bits per heavy atom. The summed E-state index contributed by atoms with van der Waals surface area (Å²) in [6.07, 6.45) is 0.903. The van der Waals surface area contributed by atoms with Crippen LogP contribution in [0.5, 0.6) is 5.75 Å². The molecule has 1 heterocycles. The Labute approximate surface area is 102 Å². The Morgan fingerprint density at radius 3 is 2.82 bits per heavy atom. The zero-order valence-corrected chi connectivity index (χ0v) is 10.1. The SMILES string of the molecule is COc1ccc(CN2CCNCC2)c(C=O)c1. The fourth-order valence-electron chi connectivity index (χ4n) is 2.06. The van der Waals surface area contributed by atoms with Crippen molar-refractivity contribution in [3.63, 3.8) is 0 Å². The third-order valence-corrected chi connectivity index (χ3v) is 3.08. The molecule has 0 aromatic heterocycles. The van der Waals surface area contributed by atoms with Gasteiger partial charge in [-0.05, 0) is 17.7 Å². The van der Waals surface area contributed by atoms with Crippen LogP contribution < -0.4 is 10.1 Å². The predicted molar refractivity (Wildman–Crippen MR) is 66.5 cm³/mol. The lowest BCUT2D eigenvalue weighted by Gasteiger charge is -2.27. The summed E-state index contributed by atoms with van der Waals surface area (Å²) in [5.74, 6) is 0.733. The third-order valence-electron chi connectivity index (χ3n) is 3.08. The van der Waals surface area contributed by atoms with Gasteiger partial charge in [-0.3, -0.25) is 9.69 Å². The second-order valence-electron chi connectivity index (χ2n) is 4.21. The fraction of sp³-hybridized carbons (Fsp3) is 0.462. The van der Waals surface area contributed by atoms with E-state index in [1.165, 1.54) is 0 Å². The van der Waals surface area contributed by atoms with Gasteiger partial charge in [-0.1, -0.05) is 6.07 Å². The Kier molecular flexibility index (Phi) is 4.12. The van der Waals surface area contributed by atoms with Crippen LogP contribution in [0.15, 0.2) is 18.2 Å². The van der Waals surface area contributed by atoms with E-state index in [1.807, 2.05) is 12.1 Å². The van der Waals surface area contributed by atoms with E-state index in [1.54, 1.807) is 13.2 Å². The van der Waals surface area contributed by atoms with E-state index in [4.69, 9.17) is 4.74 Å². The maximum Gasteiger partial charge on any atom is 0.150 e. The van der Waals surface area contributed by atoms with Gasteiger partial charge in [0, 0.05) is 38.3 Å². The highest BCUT2D eigenvalue weighted by Gasteiger charge is 2.12. The minimum atomic E-state index is 0.725. The van der Waals surface area contributed by atoms with E-state index in [2.05, 4.69) is 10.2 Å². The molecule has 2 rings (SSSR count). The molecule has 0 unspecified atom stereocenters. The highest BCUT2D eigenvalue weighted by molar-refractivity contribution is 5.78. The van der Waals surface area contributed by atoms with Crippen molar-refractivity contribution in [1.29, 1.82) is 0 Å². The number of ether oxygens (including phenoxy) is 1. The Morgan fingerprint density at radius 1 is 1.41 bits per heavy atom. The summed E-state index contributed by atoms with van der Waals surface area (Å²) < 4.78 is 5.12. The van der Waals surface area contributed by atoms with E-state index in [0.29, 0.717) is 0 Å². The van der Waals surface area contributed by atoms with Crippen LogP contribution in [0.4, 0.5) is 0 Å². The van der Waals surface area contributed by atoms with Crippen LogP contribution in [-0.2, 0) is 6.54 Å². The molecule has 17 heavy (non-hydrogen) atoms. The van der Waals surface area contributed by atoms with Crippen molar-refractivity contribution in [2.75, 3.05) is 33.3 Å². The standard InChI is InChI=1S/C13H18N2O2/c1-17-13-3-2-11(12(8-13)10-16)9-15-6-4-14-5-7-15/h2-3,8,10,14H,4-7,9H2,1H3. The van der Waals surface area contributed by atoms with E-state index in [-0.39, 0.29) is 0 Å². The van der Waals surface area contributed by atoms with Crippen molar-refractivity contribution in [3.05, 3.63) is 29.3 Å². The first kappa shape index (κ1) is 12.1. The van der Waals surface area contributed by atoms with Crippen LogP contribution in [0.25, 0.3) is 0 Å². The maximum atomic E-state index is 11.1. The number of aldehydes is 1. The molecule has 4 heteroatoms. The number of hydrogen-bond donors (Lipinski definition) is 1. The summed E-state index contributed by atoms with van der Waals surface area (Å²) in [6.45, 7) is 4.94. The predicted octanol–water partition coefficient (Wildman–Crippen LogP) is 0.913. The molecular formula is C13H18N2O2. The molecule has 1 aromatic rings. The van der Waals surface area contributed by atoms with Gasteiger partial charge in [0.1, 0.15) is 5.75 Å². The van der Waals surface area contributed by atoms with Crippen LogP contribution in [0.1, 0.15) is 15.9 Å². The van der Waals surface area contributed by atoms with Gasteiger partial charge in [0.2, 0.25) is 0 Å². The zero-order chi connectivity index (χ0) is 12.1. The molecule has 1 aliphatic rings. The number of carbonyl (C=O) groups is 1. The van der Waals surface area contributed by atoms with Crippen LogP contribution in [0.3, 0.4) is 0 Å². The zero-order valence-electron chi connectivity index (χ0n) is 10.1. The smallest absolute Gasteiger partial charge is 0.150 e. The first-order chi connectivity index (χ1) is 8.33. The van der Waals surface area contributed by atoms with Gasteiger partial charge in [0.25, 0.3) is 0 Å². The van der Waals surface area contributed by atoms with Gasteiger partial charge in [-0.15, -0.1) is 0 Å².